The van der Waals surface area contributed by atoms with Crippen molar-refractivity contribution in [2.45, 2.75) is 18.0 Å². The summed E-state index contributed by atoms with van der Waals surface area (Å²) in [4.78, 5) is 12.6. The average molecular weight is 415 g/mol. The minimum atomic E-state index is -3.60. The van der Waals surface area contributed by atoms with Crippen molar-refractivity contribution in [2.75, 3.05) is 5.32 Å². The van der Waals surface area contributed by atoms with Crippen LogP contribution in [0.25, 0.3) is 11.3 Å². The van der Waals surface area contributed by atoms with E-state index in [1.807, 2.05) is 19.2 Å². The second-order valence-corrected chi connectivity index (χ2v) is 9.46. The molecule has 1 N–H and O–H groups in total. The maximum absolute atomic E-state index is 13.0. The molecule has 1 amide bonds. The van der Waals surface area contributed by atoms with Gasteiger partial charge in [0.15, 0.2) is 0 Å². The van der Waals surface area contributed by atoms with Crippen LogP contribution in [0.2, 0.25) is 0 Å². The van der Waals surface area contributed by atoms with E-state index in [-0.39, 0.29) is 10.8 Å². The molecule has 3 aromatic rings. The summed E-state index contributed by atoms with van der Waals surface area (Å²) in [6, 6.07) is 10.5. The summed E-state index contributed by atoms with van der Waals surface area (Å²) in [5, 5.41) is 7.55. The van der Waals surface area contributed by atoms with Gasteiger partial charge in [-0.1, -0.05) is 18.7 Å². The third kappa shape index (κ3) is 3.28. The number of fused-ring (bicyclic) bond motifs is 1. The Morgan fingerprint density at radius 1 is 1.25 bits per heavy atom. The first kappa shape index (κ1) is 18.6. The van der Waals surface area contributed by atoms with Gasteiger partial charge in [0.1, 0.15) is 0 Å². The molecule has 1 aromatic carbocycles. The topological polar surface area (TPSA) is 84.3 Å². The van der Waals surface area contributed by atoms with Crippen LogP contribution in [-0.2, 0) is 35.0 Å². The number of aromatic nitrogens is 2. The summed E-state index contributed by atoms with van der Waals surface area (Å²) in [5.41, 5.74) is 2.74. The standard InChI is InChI=1S/C19H18N4O3S2/c1-3-18(24)21-19-10-14-11-23(12-17(14)27-19)28(25,26)15-6-4-13(5-7-15)16-8-9-20-22(16)2/h3-10H,1,11-12H2,2H3,(H,21,24). The van der Waals surface area contributed by atoms with E-state index in [0.29, 0.717) is 18.1 Å². The Labute approximate surface area is 167 Å². The lowest BCUT2D eigenvalue weighted by Crippen LogP contribution is -2.25. The number of aryl methyl sites for hydroxylation is 1. The number of carbonyl (C=O) groups is 1. The predicted octanol–water partition coefficient (Wildman–Crippen LogP) is 2.98. The number of carbonyl (C=O) groups excluding carboxylic acids is 1. The van der Waals surface area contributed by atoms with Crippen LogP contribution in [0.1, 0.15) is 10.4 Å². The van der Waals surface area contributed by atoms with Crippen LogP contribution >= 0.6 is 11.3 Å². The van der Waals surface area contributed by atoms with E-state index in [2.05, 4.69) is 17.0 Å². The van der Waals surface area contributed by atoms with Crippen LogP contribution in [0.3, 0.4) is 0 Å². The number of anilines is 1. The summed E-state index contributed by atoms with van der Waals surface area (Å²) in [6.45, 7) is 4.02. The van der Waals surface area contributed by atoms with Crippen LogP contribution in [-0.4, -0.2) is 28.4 Å². The van der Waals surface area contributed by atoms with Crippen molar-refractivity contribution in [1.82, 2.24) is 14.1 Å². The quantitative estimate of drug-likeness (QED) is 0.651. The number of sulfonamides is 1. The highest BCUT2D eigenvalue weighted by Crippen LogP contribution is 2.37. The van der Waals surface area contributed by atoms with Crippen molar-refractivity contribution < 1.29 is 13.2 Å². The van der Waals surface area contributed by atoms with Crippen LogP contribution in [0.4, 0.5) is 5.00 Å². The predicted molar refractivity (Wildman–Crippen MR) is 108 cm³/mol. The van der Waals surface area contributed by atoms with E-state index in [1.165, 1.54) is 21.7 Å². The van der Waals surface area contributed by atoms with Gasteiger partial charge in [-0.05, 0) is 41.5 Å². The smallest absolute Gasteiger partial charge is 0.248 e. The molecule has 0 saturated carbocycles. The Balaban J connectivity index is 1.52. The van der Waals surface area contributed by atoms with Crippen LogP contribution in [0, 0.1) is 0 Å². The largest absolute Gasteiger partial charge is 0.314 e. The van der Waals surface area contributed by atoms with E-state index in [9.17, 15) is 13.2 Å². The van der Waals surface area contributed by atoms with Gasteiger partial charge in [0, 0.05) is 31.2 Å². The normalized spacial score (nSPS) is 14.0. The van der Waals surface area contributed by atoms with Crippen LogP contribution < -0.4 is 5.32 Å². The van der Waals surface area contributed by atoms with Crippen molar-refractivity contribution in [3.05, 3.63) is 65.7 Å². The third-order valence-corrected chi connectivity index (χ3v) is 7.49. The Kier molecular flexibility index (Phi) is 4.66. The van der Waals surface area contributed by atoms with Crippen LogP contribution in [0.15, 0.2) is 60.1 Å². The van der Waals surface area contributed by atoms with Gasteiger partial charge >= 0.3 is 0 Å². The van der Waals surface area contributed by atoms with Crippen molar-refractivity contribution >= 4 is 32.3 Å². The van der Waals surface area contributed by atoms with Crippen molar-refractivity contribution in [3.8, 4) is 11.3 Å². The summed E-state index contributed by atoms with van der Waals surface area (Å²) >= 11 is 1.39. The van der Waals surface area contributed by atoms with Gasteiger partial charge < -0.3 is 5.32 Å². The minimum Gasteiger partial charge on any atom is -0.314 e. The van der Waals surface area contributed by atoms with E-state index in [0.717, 1.165) is 21.7 Å². The lowest BCUT2D eigenvalue weighted by atomic mass is 10.1. The van der Waals surface area contributed by atoms with Gasteiger partial charge in [-0.3, -0.25) is 9.48 Å². The fourth-order valence-corrected chi connectivity index (χ4v) is 5.71. The van der Waals surface area contributed by atoms with E-state index < -0.39 is 10.0 Å². The van der Waals surface area contributed by atoms with E-state index >= 15 is 0 Å². The molecule has 0 aliphatic carbocycles. The summed E-state index contributed by atoms with van der Waals surface area (Å²) in [6.07, 6.45) is 2.91. The molecule has 9 heteroatoms. The number of nitrogens with one attached hydrogen (secondary N) is 1. The third-order valence-electron chi connectivity index (χ3n) is 4.60. The van der Waals surface area contributed by atoms with E-state index in [4.69, 9.17) is 0 Å². The maximum atomic E-state index is 13.0. The lowest BCUT2D eigenvalue weighted by molar-refractivity contribution is -0.111. The van der Waals surface area contributed by atoms with Crippen molar-refractivity contribution in [3.63, 3.8) is 0 Å². The Morgan fingerprint density at radius 2 is 2.00 bits per heavy atom. The number of benzene rings is 1. The molecule has 0 fully saturated rings. The molecule has 0 unspecified atom stereocenters. The molecule has 0 atom stereocenters. The van der Waals surface area contributed by atoms with E-state index in [1.54, 1.807) is 35.1 Å². The first-order valence-corrected chi connectivity index (χ1v) is 10.8. The van der Waals surface area contributed by atoms with Gasteiger partial charge in [-0.15, -0.1) is 11.3 Å². The molecule has 3 heterocycles. The van der Waals surface area contributed by atoms with Gasteiger partial charge in [0.2, 0.25) is 15.9 Å². The van der Waals surface area contributed by atoms with Gasteiger partial charge in [-0.2, -0.15) is 9.40 Å². The number of hydrogen-bond acceptors (Lipinski definition) is 5. The van der Waals surface area contributed by atoms with Crippen LogP contribution in [0.5, 0.6) is 0 Å². The molecular formula is C19H18N4O3S2. The Bertz CT molecular complexity index is 1140. The molecule has 0 spiro atoms. The fourth-order valence-electron chi connectivity index (χ4n) is 3.15. The zero-order chi connectivity index (χ0) is 19.9. The molecule has 0 bridgehead atoms. The molecule has 7 nitrogen and oxygen atoms in total. The number of amides is 1. The highest BCUT2D eigenvalue weighted by molar-refractivity contribution is 7.89. The average Bonchev–Trinajstić information content (AvgIpc) is 3.36. The van der Waals surface area contributed by atoms with Gasteiger partial charge in [-0.25, -0.2) is 8.42 Å². The minimum absolute atomic E-state index is 0.258. The molecular weight excluding hydrogens is 396 g/mol. The second-order valence-electron chi connectivity index (χ2n) is 6.39. The maximum Gasteiger partial charge on any atom is 0.248 e. The molecule has 0 radical (unpaired) electrons. The summed E-state index contributed by atoms with van der Waals surface area (Å²) in [5.74, 6) is -0.280. The molecule has 4 rings (SSSR count). The second kappa shape index (κ2) is 7.01. The molecule has 28 heavy (non-hydrogen) atoms. The summed E-state index contributed by atoms with van der Waals surface area (Å²) in [7, 11) is -1.76. The number of rotatable bonds is 5. The molecule has 0 saturated heterocycles. The molecule has 2 aromatic heterocycles. The monoisotopic (exact) mass is 414 g/mol. The number of hydrogen-bond donors (Lipinski definition) is 1. The Morgan fingerprint density at radius 3 is 2.61 bits per heavy atom. The highest BCUT2D eigenvalue weighted by Gasteiger charge is 2.32. The van der Waals surface area contributed by atoms with Gasteiger partial charge in [0.25, 0.3) is 0 Å². The van der Waals surface area contributed by atoms with Crippen molar-refractivity contribution in [1.29, 1.82) is 0 Å². The SMILES string of the molecule is C=CC(=O)Nc1cc2c(s1)CN(S(=O)(=O)c1ccc(-c3ccnn3C)cc1)C2. The number of nitrogens with zero attached hydrogens (tertiary/aromatic N) is 3. The fraction of sp³-hybridized carbons (Fsp3) is 0.158. The molecule has 1 aliphatic heterocycles. The first-order chi connectivity index (χ1) is 13.4. The molecule has 1 aliphatic rings. The summed E-state index contributed by atoms with van der Waals surface area (Å²) < 4.78 is 29.2. The zero-order valence-corrected chi connectivity index (χ0v) is 16.8. The zero-order valence-electron chi connectivity index (χ0n) is 15.1. The number of thiophene rings is 1. The first-order valence-electron chi connectivity index (χ1n) is 8.52. The van der Waals surface area contributed by atoms with Gasteiger partial charge in [0.05, 0.1) is 15.6 Å². The lowest BCUT2D eigenvalue weighted by Gasteiger charge is -2.16. The molecule has 144 valence electrons. The van der Waals surface area contributed by atoms with Crippen molar-refractivity contribution in [2.24, 2.45) is 7.05 Å². The highest BCUT2D eigenvalue weighted by atomic mass is 32.2. The Hall–Kier alpha value is -2.75.